The summed E-state index contributed by atoms with van der Waals surface area (Å²) in [5.74, 6) is 0.556. The maximum Gasteiger partial charge on any atom is 0.225 e. The molecule has 4 heteroatoms. The lowest BCUT2D eigenvalue weighted by atomic mass is 10.1. The van der Waals surface area contributed by atoms with Gasteiger partial charge in [0.1, 0.15) is 0 Å². The summed E-state index contributed by atoms with van der Waals surface area (Å²) < 4.78 is 0. The Morgan fingerprint density at radius 2 is 1.70 bits per heavy atom. The van der Waals surface area contributed by atoms with Gasteiger partial charge in [-0.1, -0.05) is 60.7 Å². The van der Waals surface area contributed by atoms with Gasteiger partial charge in [0.05, 0.1) is 5.69 Å². The molecule has 23 heavy (non-hydrogen) atoms. The Balaban J connectivity index is 1.49. The van der Waals surface area contributed by atoms with Gasteiger partial charge < -0.3 is 5.32 Å². The quantitative estimate of drug-likeness (QED) is 0.722. The number of H-pyrrole nitrogens is 1. The summed E-state index contributed by atoms with van der Waals surface area (Å²) in [7, 11) is 0. The van der Waals surface area contributed by atoms with Crippen LogP contribution < -0.4 is 5.32 Å². The van der Waals surface area contributed by atoms with Gasteiger partial charge in [-0.25, -0.2) is 0 Å². The van der Waals surface area contributed by atoms with Crippen molar-refractivity contribution >= 4 is 11.7 Å². The van der Waals surface area contributed by atoms with E-state index in [-0.39, 0.29) is 5.91 Å². The molecule has 3 rings (SSSR count). The number of rotatable bonds is 6. The first-order chi connectivity index (χ1) is 11.3. The highest BCUT2D eigenvalue weighted by atomic mass is 16.1. The van der Waals surface area contributed by atoms with Crippen molar-refractivity contribution < 1.29 is 4.79 Å². The van der Waals surface area contributed by atoms with Gasteiger partial charge in [-0.15, -0.1) is 0 Å². The topological polar surface area (TPSA) is 57.8 Å². The smallest absolute Gasteiger partial charge is 0.225 e. The van der Waals surface area contributed by atoms with Crippen molar-refractivity contribution in [2.24, 2.45) is 0 Å². The van der Waals surface area contributed by atoms with E-state index in [0.717, 1.165) is 24.1 Å². The molecule has 0 aliphatic carbocycles. The summed E-state index contributed by atoms with van der Waals surface area (Å²) in [5.41, 5.74) is 3.20. The first-order valence-corrected chi connectivity index (χ1v) is 7.76. The number of nitrogens with zero attached hydrogens (tertiary/aromatic N) is 1. The Bertz CT molecular complexity index is 751. The molecule has 2 N–H and O–H groups in total. The fourth-order valence-electron chi connectivity index (χ4n) is 2.45. The maximum atomic E-state index is 12.0. The molecule has 4 nitrogen and oxygen atoms in total. The van der Waals surface area contributed by atoms with E-state index in [4.69, 9.17) is 0 Å². The van der Waals surface area contributed by atoms with Crippen molar-refractivity contribution in [2.45, 2.75) is 19.3 Å². The van der Waals surface area contributed by atoms with Crippen LogP contribution in [0.3, 0.4) is 0 Å². The number of aromatic amines is 1. The molecular formula is C19H19N3O. The molecule has 0 fully saturated rings. The first-order valence-electron chi connectivity index (χ1n) is 7.76. The lowest BCUT2D eigenvalue weighted by Crippen LogP contribution is -2.11. The minimum atomic E-state index is -0.00737. The predicted octanol–water partition coefficient (Wildman–Crippen LogP) is 4.04. The number of anilines is 1. The number of hydrogen-bond acceptors (Lipinski definition) is 2. The number of benzene rings is 2. The molecule has 1 aromatic heterocycles. The van der Waals surface area contributed by atoms with E-state index in [2.05, 4.69) is 27.6 Å². The Morgan fingerprint density at radius 3 is 2.43 bits per heavy atom. The standard InChI is InChI=1S/C19H19N3O/c23-19(13-7-10-15-8-3-1-4-9-15)20-18-14-17(21-22-18)16-11-5-2-6-12-16/h1-6,8-9,11-12,14H,7,10,13H2,(H2,20,21,22,23). The van der Waals surface area contributed by atoms with Gasteiger partial charge in [-0.3, -0.25) is 9.89 Å². The number of hydrogen-bond donors (Lipinski definition) is 2. The highest BCUT2D eigenvalue weighted by Gasteiger charge is 2.07. The second-order valence-electron chi connectivity index (χ2n) is 5.42. The lowest BCUT2D eigenvalue weighted by molar-refractivity contribution is -0.116. The average molecular weight is 305 g/mol. The summed E-state index contributed by atoms with van der Waals surface area (Å²) in [6, 6.07) is 22.0. The number of carbonyl (C=O) groups excluding carboxylic acids is 1. The van der Waals surface area contributed by atoms with Crippen LogP contribution in [0.1, 0.15) is 18.4 Å². The third kappa shape index (κ3) is 4.30. The van der Waals surface area contributed by atoms with Crippen molar-refractivity contribution in [3.05, 3.63) is 72.3 Å². The van der Waals surface area contributed by atoms with E-state index in [9.17, 15) is 4.79 Å². The van der Waals surface area contributed by atoms with Crippen LogP contribution in [0.4, 0.5) is 5.82 Å². The molecule has 0 atom stereocenters. The van der Waals surface area contributed by atoms with Crippen LogP contribution in [-0.4, -0.2) is 16.1 Å². The van der Waals surface area contributed by atoms with Crippen molar-refractivity contribution in [1.29, 1.82) is 0 Å². The third-order valence-electron chi connectivity index (χ3n) is 3.64. The van der Waals surface area contributed by atoms with Gasteiger partial charge in [0.2, 0.25) is 5.91 Å². The third-order valence-corrected chi connectivity index (χ3v) is 3.64. The van der Waals surface area contributed by atoms with Gasteiger partial charge in [0.25, 0.3) is 0 Å². The fraction of sp³-hybridized carbons (Fsp3) is 0.158. The molecule has 116 valence electrons. The van der Waals surface area contributed by atoms with Crippen LogP contribution in [0.25, 0.3) is 11.3 Å². The molecule has 0 saturated heterocycles. The van der Waals surface area contributed by atoms with E-state index in [1.807, 2.05) is 54.6 Å². The second kappa shape index (κ2) is 7.40. The van der Waals surface area contributed by atoms with Crippen molar-refractivity contribution in [2.75, 3.05) is 5.32 Å². The molecule has 0 aliphatic heterocycles. The number of aromatic nitrogens is 2. The second-order valence-corrected chi connectivity index (χ2v) is 5.42. The van der Waals surface area contributed by atoms with Crippen LogP contribution in [-0.2, 0) is 11.2 Å². The zero-order chi connectivity index (χ0) is 15.9. The number of nitrogens with one attached hydrogen (secondary N) is 2. The largest absolute Gasteiger partial charge is 0.309 e. The van der Waals surface area contributed by atoms with Gasteiger partial charge >= 0.3 is 0 Å². The zero-order valence-electron chi connectivity index (χ0n) is 12.8. The van der Waals surface area contributed by atoms with Gasteiger partial charge in [-0.2, -0.15) is 5.10 Å². The van der Waals surface area contributed by atoms with E-state index in [1.165, 1.54) is 5.56 Å². The maximum absolute atomic E-state index is 12.0. The molecular weight excluding hydrogens is 286 g/mol. The van der Waals surface area contributed by atoms with Crippen LogP contribution in [0.15, 0.2) is 66.7 Å². The molecule has 0 spiro atoms. The van der Waals surface area contributed by atoms with Crippen molar-refractivity contribution in [3.63, 3.8) is 0 Å². The molecule has 0 saturated carbocycles. The molecule has 1 heterocycles. The number of amides is 1. The van der Waals surface area contributed by atoms with Crippen LogP contribution in [0.5, 0.6) is 0 Å². The normalized spacial score (nSPS) is 10.4. The summed E-state index contributed by atoms with van der Waals surface area (Å²) in [4.78, 5) is 12.0. The highest BCUT2D eigenvalue weighted by molar-refractivity contribution is 5.90. The first kappa shape index (κ1) is 15.0. The molecule has 1 amide bonds. The number of carbonyl (C=O) groups is 1. The summed E-state index contributed by atoms with van der Waals surface area (Å²) in [5, 5.41) is 9.92. The monoisotopic (exact) mass is 305 g/mol. The van der Waals surface area contributed by atoms with Crippen LogP contribution in [0.2, 0.25) is 0 Å². The highest BCUT2D eigenvalue weighted by Crippen LogP contribution is 2.19. The Morgan fingerprint density at radius 1 is 1.00 bits per heavy atom. The Kier molecular flexibility index (Phi) is 4.84. The van der Waals surface area contributed by atoms with Gasteiger partial charge in [0.15, 0.2) is 5.82 Å². The predicted molar refractivity (Wildman–Crippen MR) is 92.0 cm³/mol. The Hall–Kier alpha value is -2.88. The van der Waals surface area contributed by atoms with E-state index in [1.54, 1.807) is 0 Å². The van der Waals surface area contributed by atoms with Crippen LogP contribution in [0, 0.1) is 0 Å². The zero-order valence-corrected chi connectivity index (χ0v) is 12.8. The summed E-state index contributed by atoms with van der Waals surface area (Å²) >= 11 is 0. The lowest BCUT2D eigenvalue weighted by Gasteiger charge is -2.02. The molecule has 0 aliphatic rings. The molecule has 3 aromatic rings. The van der Waals surface area contributed by atoms with E-state index in [0.29, 0.717) is 12.2 Å². The van der Waals surface area contributed by atoms with Crippen molar-refractivity contribution in [3.8, 4) is 11.3 Å². The summed E-state index contributed by atoms with van der Waals surface area (Å²) in [6.07, 6.45) is 2.22. The minimum Gasteiger partial charge on any atom is -0.309 e. The van der Waals surface area contributed by atoms with Crippen molar-refractivity contribution in [1.82, 2.24) is 10.2 Å². The van der Waals surface area contributed by atoms with Gasteiger partial charge in [0, 0.05) is 12.5 Å². The molecule has 0 unspecified atom stereocenters. The summed E-state index contributed by atoms with van der Waals surface area (Å²) in [6.45, 7) is 0. The average Bonchev–Trinajstić information content (AvgIpc) is 3.05. The van der Waals surface area contributed by atoms with E-state index < -0.39 is 0 Å². The Labute approximate surface area is 135 Å². The van der Waals surface area contributed by atoms with Gasteiger partial charge in [-0.05, 0) is 24.0 Å². The van der Waals surface area contributed by atoms with E-state index >= 15 is 0 Å². The minimum absolute atomic E-state index is 0.00737. The SMILES string of the molecule is O=C(CCCc1ccccc1)Nc1cc(-c2ccccc2)[nH]n1. The number of aryl methyl sites for hydroxylation is 1. The molecule has 0 radical (unpaired) electrons. The molecule has 2 aromatic carbocycles. The molecule has 0 bridgehead atoms. The fourth-order valence-corrected chi connectivity index (χ4v) is 2.45. The van der Waals surface area contributed by atoms with Crippen LogP contribution >= 0.6 is 0 Å².